The minimum atomic E-state index is -0.204. The number of hydrogen-bond acceptors (Lipinski definition) is 4. The van der Waals surface area contributed by atoms with Gasteiger partial charge in [-0.2, -0.15) is 0 Å². The lowest BCUT2D eigenvalue weighted by Crippen LogP contribution is -2.62. The fraction of sp³-hybridized carbons (Fsp3) is 0.208. The van der Waals surface area contributed by atoms with E-state index in [0.29, 0.717) is 0 Å². The van der Waals surface area contributed by atoms with Gasteiger partial charge in [-0.05, 0) is 99.3 Å². The summed E-state index contributed by atoms with van der Waals surface area (Å²) >= 11 is 0. The highest BCUT2D eigenvalue weighted by molar-refractivity contribution is 6.94. The molecule has 4 nitrogen and oxygen atoms in total. The van der Waals surface area contributed by atoms with Crippen molar-refractivity contribution in [2.24, 2.45) is 0 Å². The van der Waals surface area contributed by atoms with E-state index in [4.69, 9.17) is 8.83 Å². The predicted molar refractivity (Wildman–Crippen MR) is 242 cm³/mol. The topological polar surface area (TPSA) is 32.8 Å². The van der Waals surface area contributed by atoms with Crippen LogP contribution < -0.4 is 20.6 Å². The van der Waals surface area contributed by atoms with Gasteiger partial charge in [-0.1, -0.05) is 120 Å². The van der Waals surface area contributed by atoms with Gasteiger partial charge in [0.25, 0.3) is 0 Å². The lowest BCUT2D eigenvalue weighted by atomic mass is 9.42. The summed E-state index contributed by atoms with van der Waals surface area (Å²) in [6.07, 6.45) is 2.34. The van der Waals surface area contributed by atoms with Gasteiger partial charge in [0.15, 0.2) is 0 Å². The quantitative estimate of drug-likeness (QED) is 0.156. The Morgan fingerprint density at radius 3 is 2.02 bits per heavy atom. The maximum atomic E-state index is 7.06. The second kappa shape index (κ2) is 10.6. The van der Waals surface area contributed by atoms with Crippen LogP contribution in [0.4, 0.5) is 28.4 Å². The number of benzene rings is 7. The molecule has 0 N–H and O–H groups in total. The van der Waals surface area contributed by atoms with Crippen LogP contribution in [-0.4, -0.2) is 6.85 Å². The molecule has 5 heteroatoms. The maximum absolute atomic E-state index is 7.06. The molecule has 0 amide bonds. The highest BCUT2D eigenvalue weighted by atomic mass is 16.3. The van der Waals surface area contributed by atoms with E-state index >= 15 is 0 Å². The molecule has 7 aromatic carbocycles. The normalized spacial score (nSPS) is 17.7. The van der Waals surface area contributed by atoms with Crippen LogP contribution in [0.3, 0.4) is 0 Å². The summed E-state index contributed by atoms with van der Waals surface area (Å²) in [5.41, 5.74) is 20.2. The Balaban J connectivity index is 1.23. The van der Waals surface area contributed by atoms with E-state index in [1.54, 1.807) is 0 Å². The van der Waals surface area contributed by atoms with E-state index in [1.165, 1.54) is 73.5 Å². The van der Waals surface area contributed by atoms with Gasteiger partial charge in [0.2, 0.25) is 0 Å². The van der Waals surface area contributed by atoms with Crippen LogP contribution in [-0.2, 0) is 16.2 Å². The van der Waals surface area contributed by atoms with E-state index in [9.17, 15) is 0 Å². The molecule has 0 unspecified atom stereocenters. The average Bonchev–Trinajstić information content (AvgIpc) is 3.79. The molecule has 0 fully saturated rings. The first-order valence-electron chi connectivity index (χ1n) is 20.9. The summed E-state index contributed by atoms with van der Waals surface area (Å²) in [5.74, 6) is 0. The maximum Gasteiger partial charge on any atom is 0.333 e. The Labute approximate surface area is 338 Å². The number of para-hydroxylation sites is 4. The SMILES string of the molecule is CC1(C)CCC(C)(C)c2cc(N3B4c5cccc6c5N(c5ccccc5C6(C)C)c5cc6c(oc7ccccc76)c(c54)-c4cc5c(cc43)oc3ccccc35)ccc21. The van der Waals surface area contributed by atoms with Gasteiger partial charge in [0.05, 0.1) is 5.69 Å². The van der Waals surface area contributed by atoms with Crippen LogP contribution in [0, 0.1) is 0 Å². The first-order chi connectivity index (χ1) is 28.0. The molecule has 13 rings (SSSR count). The molecule has 0 saturated heterocycles. The fourth-order valence-electron chi connectivity index (χ4n) is 11.6. The summed E-state index contributed by atoms with van der Waals surface area (Å²) in [6.45, 7) is 14.4. The minimum Gasteiger partial charge on any atom is -0.456 e. The summed E-state index contributed by atoms with van der Waals surface area (Å²) < 4.78 is 13.8. The molecule has 9 aromatic rings. The summed E-state index contributed by atoms with van der Waals surface area (Å²) in [5, 5.41) is 4.52. The van der Waals surface area contributed by atoms with E-state index in [0.717, 1.165) is 56.0 Å². The van der Waals surface area contributed by atoms with Gasteiger partial charge in [-0.25, -0.2) is 0 Å². The highest BCUT2D eigenvalue weighted by Gasteiger charge is 2.51. The minimum absolute atomic E-state index is 0.0503. The monoisotopic (exact) mass is 750 g/mol. The summed E-state index contributed by atoms with van der Waals surface area (Å²) in [7, 11) is 0. The Hall–Kier alpha value is -6.20. The van der Waals surface area contributed by atoms with Crippen molar-refractivity contribution in [2.45, 2.75) is 70.6 Å². The van der Waals surface area contributed by atoms with Crippen molar-refractivity contribution in [3.63, 3.8) is 0 Å². The molecule has 4 aliphatic rings. The zero-order valence-corrected chi connectivity index (χ0v) is 33.8. The highest BCUT2D eigenvalue weighted by Crippen LogP contribution is 2.57. The molecule has 280 valence electrons. The van der Waals surface area contributed by atoms with Crippen molar-refractivity contribution in [3.05, 3.63) is 150 Å². The van der Waals surface area contributed by atoms with E-state index in [2.05, 4.69) is 179 Å². The van der Waals surface area contributed by atoms with Gasteiger partial charge < -0.3 is 18.5 Å². The largest absolute Gasteiger partial charge is 0.456 e. The van der Waals surface area contributed by atoms with Crippen LogP contribution >= 0.6 is 0 Å². The lowest BCUT2D eigenvalue weighted by molar-refractivity contribution is 0.332. The van der Waals surface area contributed by atoms with Gasteiger partial charge >= 0.3 is 6.85 Å². The molecule has 3 aliphatic heterocycles. The van der Waals surface area contributed by atoms with Crippen LogP contribution in [0.25, 0.3) is 55.0 Å². The molecule has 0 atom stereocenters. The van der Waals surface area contributed by atoms with Crippen molar-refractivity contribution in [1.29, 1.82) is 0 Å². The van der Waals surface area contributed by atoms with Crippen LogP contribution in [0.5, 0.6) is 0 Å². The standard InChI is InChI=1S/C53H43BN2O2/c1-51(2)24-25-52(3,4)39-26-30(22-23-36(39)51)56-42-29-46-33(31-14-7-11-20-44(31)57-46)27-35(42)47-48-43(28-34-32-15-8-12-21-45(32)58-50(34)47)55-41-19-10-9-16-37(41)53(5,6)38-17-13-18-40(49(38)55)54(48)56/h7-23,26-29H,24-25H2,1-6H3. The van der Waals surface area contributed by atoms with Crippen molar-refractivity contribution >= 4 is 90.1 Å². The third-order valence-electron chi connectivity index (χ3n) is 14.7. The van der Waals surface area contributed by atoms with E-state index in [1.807, 2.05) is 0 Å². The molecule has 0 radical (unpaired) electrons. The van der Waals surface area contributed by atoms with Gasteiger partial charge in [-0.15, -0.1) is 0 Å². The number of hydrogen-bond donors (Lipinski definition) is 0. The molecule has 58 heavy (non-hydrogen) atoms. The zero-order chi connectivity index (χ0) is 39.0. The van der Waals surface area contributed by atoms with Gasteiger partial charge in [0, 0.05) is 66.9 Å². The third kappa shape index (κ3) is 3.97. The fourth-order valence-corrected chi connectivity index (χ4v) is 11.6. The van der Waals surface area contributed by atoms with Crippen LogP contribution in [0.15, 0.2) is 136 Å². The smallest absolute Gasteiger partial charge is 0.333 e. The Kier molecular flexibility index (Phi) is 6.03. The third-order valence-corrected chi connectivity index (χ3v) is 14.7. The predicted octanol–water partition coefficient (Wildman–Crippen LogP) is 13.2. The zero-order valence-electron chi connectivity index (χ0n) is 33.8. The van der Waals surface area contributed by atoms with E-state index < -0.39 is 0 Å². The molecule has 2 aromatic heterocycles. The summed E-state index contributed by atoms with van der Waals surface area (Å²) in [6, 6.07) is 47.6. The van der Waals surface area contributed by atoms with E-state index in [-0.39, 0.29) is 23.1 Å². The van der Waals surface area contributed by atoms with Crippen molar-refractivity contribution < 1.29 is 8.83 Å². The molecule has 0 bridgehead atoms. The molecule has 5 heterocycles. The molecule has 1 aliphatic carbocycles. The van der Waals surface area contributed by atoms with Crippen molar-refractivity contribution in [3.8, 4) is 11.1 Å². The Morgan fingerprint density at radius 1 is 0.517 bits per heavy atom. The summed E-state index contributed by atoms with van der Waals surface area (Å²) in [4.78, 5) is 5.25. The number of rotatable bonds is 1. The molecular formula is C53H43BN2O2. The van der Waals surface area contributed by atoms with Gasteiger partial charge in [-0.3, -0.25) is 0 Å². The second-order valence-corrected chi connectivity index (χ2v) is 19.1. The Morgan fingerprint density at radius 2 is 1.21 bits per heavy atom. The average molecular weight is 751 g/mol. The van der Waals surface area contributed by atoms with Crippen LogP contribution in [0.2, 0.25) is 0 Å². The Bertz CT molecular complexity index is 3310. The number of anilines is 5. The molecular weight excluding hydrogens is 707 g/mol. The van der Waals surface area contributed by atoms with Crippen LogP contribution in [0.1, 0.15) is 76.6 Å². The molecule has 0 spiro atoms. The number of furan rings is 2. The lowest BCUT2D eigenvalue weighted by Gasteiger charge is -2.50. The van der Waals surface area contributed by atoms with Crippen molar-refractivity contribution in [2.75, 3.05) is 9.71 Å². The second-order valence-electron chi connectivity index (χ2n) is 19.1. The number of fused-ring (bicyclic) bond motifs is 14. The number of nitrogens with zero attached hydrogens (tertiary/aromatic N) is 2. The first kappa shape index (κ1) is 32.8. The molecule has 0 saturated carbocycles. The first-order valence-corrected chi connectivity index (χ1v) is 20.9. The van der Waals surface area contributed by atoms with Gasteiger partial charge in [0.1, 0.15) is 22.3 Å². The van der Waals surface area contributed by atoms with Crippen molar-refractivity contribution in [1.82, 2.24) is 0 Å².